The first-order valence-corrected chi connectivity index (χ1v) is 5.52. The number of carbonyl (C=O) groups is 1. The number of nitrogens with zero attached hydrogens (tertiary/aromatic N) is 1. The van der Waals surface area contributed by atoms with Crippen molar-refractivity contribution in [1.82, 2.24) is 10.3 Å². The lowest BCUT2D eigenvalue weighted by molar-refractivity contribution is -0.117. The first-order chi connectivity index (χ1) is 6.72. The molecule has 1 aromatic rings. The highest BCUT2D eigenvalue weighted by Crippen LogP contribution is 2.09. The molecule has 0 saturated heterocycles. The molecule has 0 atom stereocenters. The summed E-state index contributed by atoms with van der Waals surface area (Å²) >= 11 is 1.67. The average molecular weight is 213 g/mol. The fourth-order valence-corrected chi connectivity index (χ4v) is 1.77. The van der Waals surface area contributed by atoms with Crippen LogP contribution in [0.2, 0.25) is 0 Å². The van der Waals surface area contributed by atoms with E-state index >= 15 is 0 Å². The molecule has 5 heteroatoms. The zero-order chi connectivity index (χ0) is 10.4. The van der Waals surface area contributed by atoms with E-state index in [-0.39, 0.29) is 5.91 Å². The fourth-order valence-electron chi connectivity index (χ4n) is 1.02. The van der Waals surface area contributed by atoms with Gasteiger partial charge in [-0.3, -0.25) is 4.79 Å². The lowest BCUT2D eigenvalue weighted by Crippen LogP contribution is -2.21. The van der Waals surface area contributed by atoms with E-state index in [0.29, 0.717) is 19.5 Å². The molecule has 0 aromatic carbocycles. The molecule has 4 nitrogen and oxygen atoms in total. The summed E-state index contributed by atoms with van der Waals surface area (Å²) in [5, 5.41) is 6.30. The number of primary amides is 1. The maximum Gasteiger partial charge on any atom is 0.218 e. The Hall–Kier alpha value is -0.940. The van der Waals surface area contributed by atoms with Crippen LogP contribution in [-0.2, 0) is 17.8 Å². The molecule has 0 radical (unpaired) electrons. The molecule has 0 aliphatic heterocycles. The third-order valence-corrected chi connectivity index (χ3v) is 2.80. The van der Waals surface area contributed by atoms with Crippen molar-refractivity contribution >= 4 is 17.2 Å². The summed E-state index contributed by atoms with van der Waals surface area (Å²) in [4.78, 5) is 14.8. The molecule has 0 aliphatic rings. The zero-order valence-corrected chi connectivity index (χ0v) is 9.06. The number of amides is 1. The van der Waals surface area contributed by atoms with Gasteiger partial charge in [-0.1, -0.05) is 6.92 Å². The number of hydrogen-bond donors (Lipinski definition) is 2. The van der Waals surface area contributed by atoms with Gasteiger partial charge in [0.15, 0.2) is 0 Å². The fraction of sp³-hybridized carbons (Fsp3) is 0.556. The molecule has 0 fully saturated rings. The van der Waals surface area contributed by atoms with Gasteiger partial charge < -0.3 is 11.1 Å². The van der Waals surface area contributed by atoms with Gasteiger partial charge in [0.05, 0.1) is 10.7 Å². The highest BCUT2D eigenvalue weighted by atomic mass is 32.1. The maximum absolute atomic E-state index is 10.4. The molecule has 0 bridgehead atoms. The molecular weight excluding hydrogens is 198 g/mol. The van der Waals surface area contributed by atoms with Crippen molar-refractivity contribution in [2.24, 2.45) is 5.73 Å². The molecule has 0 saturated carbocycles. The van der Waals surface area contributed by atoms with E-state index in [9.17, 15) is 4.79 Å². The van der Waals surface area contributed by atoms with Gasteiger partial charge in [0.2, 0.25) is 5.91 Å². The summed E-state index contributed by atoms with van der Waals surface area (Å²) in [7, 11) is 0. The Morgan fingerprint density at radius 1 is 1.71 bits per heavy atom. The number of hydrogen-bond acceptors (Lipinski definition) is 4. The van der Waals surface area contributed by atoms with Crippen LogP contribution in [0.3, 0.4) is 0 Å². The van der Waals surface area contributed by atoms with Crippen LogP contribution in [0.25, 0.3) is 0 Å². The van der Waals surface area contributed by atoms with E-state index in [4.69, 9.17) is 5.73 Å². The SMILES string of the molecule is CCc1nc(CNCCC(N)=O)cs1. The predicted molar refractivity (Wildman–Crippen MR) is 57.0 cm³/mol. The van der Waals surface area contributed by atoms with Gasteiger partial charge in [-0.05, 0) is 6.42 Å². The standard InChI is InChI=1S/C9H15N3OS/c1-2-9-12-7(6-14-9)5-11-4-3-8(10)13/h6,11H,2-5H2,1H3,(H2,10,13). The Labute approximate surface area is 87.5 Å². The second kappa shape index (κ2) is 5.72. The van der Waals surface area contributed by atoms with Gasteiger partial charge in [0.1, 0.15) is 0 Å². The minimum absolute atomic E-state index is 0.273. The largest absolute Gasteiger partial charge is 0.370 e. The van der Waals surface area contributed by atoms with Crippen molar-refractivity contribution in [3.05, 3.63) is 16.1 Å². The van der Waals surface area contributed by atoms with E-state index in [1.807, 2.05) is 5.38 Å². The quantitative estimate of drug-likeness (QED) is 0.682. The van der Waals surface area contributed by atoms with Crippen molar-refractivity contribution in [2.75, 3.05) is 6.54 Å². The van der Waals surface area contributed by atoms with Crippen molar-refractivity contribution in [3.63, 3.8) is 0 Å². The molecular formula is C9H15N3OS. The molecule has 14 heavy (non-hydrogen) atoms. The maximum atomic E-state index is 10.4. The van der Waals surface area contributed by atoms with Crippen molar-refractivity contribution < 1.29 is 4.79 Å². The van der Waals surface area contributed by atoms with E-state index in [0.717, 1.165) is 17.1 Å². The van der Waals surface area contributed by atoms with Crippen LogP contribution in [0.4, 0.5) is 0 Å². The Bertz CT molecular complexity index is 298. The number of nitrogens with one attached hydrogen (secondary N) is 1. The average Bonchev–Trinajstić information content (AvgIpc) is 2.60. The summed E-state index contributed by atoms with van der Waals surface area (Å²) in [5.74, 6) is -0.273. The number of aryl methyl sites for hydroxylation is 1. The van der Waals surface area contributed by atoms with Crippen LogP contribution in [0, 0.1) is 0 Å². The second-order valence-electron chi connectivity index (χ2n) is 2.98. The van der Waals surface area contributed by atoms with Crippen LogP contribution >= 0.6 is 11.3 Å². The molecule has 0 aliphatic carbocycles. The van der Waals surface area contributed by atoms with Gasteiger partial charge >= 0.3 is 0 Å². The Kier molecular flexibility index (Phi) is 4.55. The number of carbonyl (C=O) groups excluding carboxylic acids is 1. The molecule has 78 valence electrons. The first kappa shape index (κ1) is 11.1. The van der Waals surface area contributed by atoms with E-state index in [2.05, 4.69) is 17.2 Å². The van der Waals surface area contributed by atoms with E-state index in [1.165, 1.54) is 0 Å². The molecule has 0 unspecified atom stereocenters. The van der Waals surface area contributed by atoms with Crippen LogP contribution in [0.1, 0.15) is 24.0 Å². The number of thiazole rings is 1. The Balaban J connectivity index is 2.21. The molecule has 0 spiro atoms. The summed E-state index contributed by atoms with van der Waals surface area (Å²) in [6.07, 6.45) is 1.36. The number of rotatable bonds is 6. The monoisotopic (exact) mass is 213 g/mol. The van der Waals surface area contributed by atoms with Crippen molar-refractivity contribution in [3.8, 4) is 0 Å². The summed E-state index contributed by atoms with van der Waals surface area (Å²) in [6, 6.07) is 0. The number of aromatic nitrogens is 1. The lowest BCUT2D eigenvalue weighted by Gasteiger charge is -1.99. The smallest absolute Gasteiger partial charge is 0.218 e. The predicted octanol–water partition coefficient (Wildman–Crippen LogP) is 0.670. The lowest BCUT2D eigenvalue weighted by atomic mass is 10.4. The highest BCUT2D eigenvalue weighted by Gasteiger charge is 1.99. The normalized spacial score (nSPS) is 10.4. The minimum atomic E-state index is -0.273. The Morgan fingerprint density at radius 3 is 3.07 bits per heavy atom. The molecule has 1 aromatic heterocycles. The Morgan fingerprint density at radius 2 is 2.50 bits per heavy atom. The van der Waals surface area contributed by atoms with Gasteiger partial charge in [0, 0.05) is 24.9 Å². The van der Waals surface area contributed by atoms with E-state index in [1.54, 1.807) is 11.3 Å². The third kappa shape index (κ3) is 3.85. The summed E-state index contributed by atoms with van der Waals surface area (Å²) in [6.45, 7) is 3.42. The van der Waals surface area contributed by atoms with Gasteiger partial charge in [-0.25, -0.2) is 4.98 Å². The molecule has 1 amide bonds. The van der Waals surface area contributed by atoms with Crippen LogP contribution in [0.15, 0.2) is 5.38 Å². The molecule has 1 rings (SSSR count). The molecule has 3 N–H and O–H groups in total. The van der Waals surface area contributed by atoms with E-state index < -0.39 is 0 Å². The first-order valence-electron chi connectivity index (χ1n) is 4.64. The van der Waals surface area contributed by atoms with Crippen LogP contribution < -0.4 is 11.1 Å². The topological polar surface area (TPSA) is 68.0 Å². The highest BCUT2D eigenvalue weighted by molar-refractivity contribution is 7.09. The molecule has 1 heterocycles. The van der Waals surface area contributed by atoms with Crippen molar-refractivity contribution in [1.29, 1.82) is 0 Å². The summed E-state index contributed by atoms with van der Waals surface area (Å²) in [5.41, 5.74) is 6.04. The minimum Gasteiger partial charge on any atom is -0.370 e. The summed E-state index contributed by atoms with van der Waals surface area (Å²) < 4.78 is 0. The van der Waals surface area contributed by atoms with Gasteiger partial charge in [-0.15, -0.1) is 11.3 Å². The number of nitrogens with two attached hydrogens (primary N) is 1. The zero-order valence-electron chi connectivity index (χ0n) is 8.25. The van der Waals surface area contributed by atoms with Crippen LogP contribution in [0.5, 0.6) is 0 Å². The third-order valence-electron chi connectivity index (χ3n) is 1.76. The van der Waals surface area contributed by atoms with Gasteiger partial charge in [0.25, 0.3) is 0 Å². The van der Waals surface area contributed by atoms with Gasteiger partial charge in [-0.2, -0.15) is 0 Å². The second-order valence-corrected chi connectivity index (χ2v) is 3.92. The van der Waals surface area contributed by atoms with Crippen molar-refractivity contribution in [2.45, 2.75) is 26.3 Å². The van der Waals surface area contributed by atoms with Crippen LogP contribution in [-0.4, -0.2) is 17.4 Å².